The topological polar surface area (TPSA) is 12.0 Å². The molecule has 0 atom stereocenters. The minimum atomic E-state index is 1.05. The van der Waals surface area contributed by atoms with Crippen LogP contribution in [0, 0.1) is 0 Å². The summed E-state index contributed by atoms with van der Waals surface area (Å²) in [6.07, 6.45) is 5.21. The van der Waals surface area contributed by atoms with Crippen molar-refractivity contribution >= 4 is 33.9 Å². The lowest BCUT2D eigenvalue weighted by Gasteiger charge is -2.01. The molecule has 0 aliphatic carbocycles. The van der Waals surface area contributed by atoms with E-state index in [4.69, 9.17) is 0 Å². The normalized spacial score (nSPS) is 10.8. The fourth-order valence-electron chi connectivity index (χ4n) is 1.44. The van der Waals surface area contributed by atoms with E-state index in [1.54, 1.807) is 0 Å². The number of thiophene rings is 1. The summed E-state index contributed by atoms with van der Waals surface area (Å²) in [6, 6.07) is 4.50. The van der Waals surface area contributed by atoms with Crippen LogP contribution in [0.2, 0.25) is 0 Å². The first-order chi connectivity index (χ1) is 7.36. The van der Waals surface area contributed by atoms with Gasteiger partial charge in [-0.1, -0.05) is 35.9 Å². The second kappa shape index (κ2) is 8.53. The Morgan fingerprint density at radius 1 is 1.20 bits per heavy atom. The van der Waals surface area contributed by atoms with E-state index in [1.165, 1.54) is 39.9 Å². The molecule has 1 rings (SSSR count). The van der Waals surface area contributed by atoms with Crippen molar-refractivity contribution in [1.29, 1.82) is 0 Å². The van der Waals surface area contributed by atoms with Crippen molar-refractivity contribution in [3.63, 3.8) is 0 Å². The number of aryl methyl sites for hydroxylation is 1. The maximum Gasteiger partial charge on any atom is 0.0299 e. The number of hydrogen-bond acceptors (Lipinski definition) is 2. The van der Waals surface area contributed by atoms with E-state index in [0.29, 0.717) is 0 Å². The maximum absolute atomic E-state index is 3.51. The average molecular weight is 337 g/mol. The Morgan fingerprint density at radius 3 is 2.67 bits per heavy atom. The highest BCUT2D eigenvalue weighted by Gasteiger charge is 1.97. The molecule has 0 bridgehead atoms. The van der Waals surface area contributed by atoms with Crippen molar-refractivity contribution in [1.82, 2.24) is 5.32 Å². The third kappa shape index (κ3) is 5.88. The van der Waals surface area contributed by atoms with Crippen molar-refractivity contribution in [2.75, 3.05) is 11.0 Å². The third-order valence-corrected chi connectivity index (χ3v) is 4.34. The number of halogens is 1. The Morgan fingerprint density at radius 2 is 2.00 bits per heavy atom. The standard InChI is InChI=1S/C12H20INS/c1-2-11-6-7-12(15-11)10-14-9-5-3-4-8-13/h6-7,14H,2-5,8-10H2,1H3. The van der Waals surface area contributed by atoms with Gasteiger partial charge in [0.2, 0.25) is 0 Å². The molecule has 0 fully saturated rings. The Labute approximate surface area is 111 Å². The highest BCUT2D eigenvalue weighted by molar-refractivity contribution is 14.1. The molecule has 1 nitrogen and oxygen atoms in total. The lowest BCUT2D eigenvalue weighted by molar-refractivity contribution is 0.623. The first-order valence-electron chi connectivity index (χ1n) is 5.71. The van der Waals surface area contributed by atoms with Crippen LogP contribution in [0.3, 0.4) is 0 Å². The van der Waals surface area contributed by atoms with Crippen LogP contribution < -0.4 is 5.32 Å². The monoisotopic (exact) mass is 337 g/mol. The Kier molecular flexibility index (Phi) is 7.65. The highest BCUT2D eigenvalue weighted by atomic mass is 127. The molecule has 0 amide bonds. The molecule has 3 heteroatoms. The summed E-state index contributed by atoms with van der Waals surface area (Å²) in [4.78, 5) is 2.97. The summed E-state index contributed by atoms with van der Waals surface area (Å²) >= 11 is 4.38. The van der Waals surface area contributed by atoms with Crippen LogP contribution in [-0.2, 0) is 13.0 Å². The average Bonchev–Trinajstić information content (AvgIpc) is 2.71. The zero-order valence-electron chi connectivity index (χ0n) is 9.39. The molecular formula is C12H20INS. The zero-order chi connectivity index (χ0) is 10.9. The predicted octanol–water partition coefficient (Wildman–Crippen LogP) is 4.01. The van der Waals surface area contributed by atoms with E-state index in [-0.39, 0.29) is 0 Å². The van der Waals surface area contributed by atoms with E-state index in [2.05, 4.69) is 47.0 Å². The lowest BCUT2D eigenvalue weighted by atomic mass is 10.2. The van der Waals surface area contributed by atoms with Gasteiger partial charge in [0.05, 0.1) is 0 Å². The molecule has 15 heavy (non-hydrogen) atoms. The summed E-state index contributed by atoms with van der Waals surface area (Å²) in [5.41, 5.74) is 0. The molecule has 0 aliphatic heterocycles. The van der Waals surface area contributed by atoms with E-state index < -0.39 is 0 Å². The van der Waals surface area contributed by atoms with Gasteiger partial charge in [0.1, 0.15) is 0 Å². The van der Waals surface area contributed by atoms with Crippen molar-refractivity contribution in [3.8, 4) is 0 Å². The molecule has 0 saturated carbocycles. The summed E-state index contributed by atoms with van der Waals surface area (Å²) in [6.45, 7) is 4.43. The molecule has 86 valence electrons. The van der Waals surface area contributed by atoms with E-state index in [1.807, 2.05) is 11.3 Å². The zero-order valence-corrected chi connectivity index (χ0v) is 12.4. The van der Waals surface area contributed by atoms with Crippen LogP contribution >= 0.6 is 33.9 Å². The summed E-state index contributed by atoms with van der Waals surface area (Å²) < 4.78 is 1.29. The molecule has 0 aromatic carbocycles. The van der Waals surface area contributed by atoms with E-state index in [9.17, 15) is 0 Å². The number of hydrogen-bond donors (Lipinski definition) is 1. The predicted molar refractivity (Wildman–Crippen MR) is 78.1 cm³/mol. The fourth-order valence-corrected chi connectivity index (χ4v) is 2.91. The SMILES string of the molecule is CCc1ccc(CNCCCCCI)s1. The van der Waals surface area contributed by atoms with Gasteiger partial charge in [-0.3, -0.25) is 0 Å². The Balaban J connectivity index is 2.04. The maximum atomic E-state index is 3.51. The molecule has 0 unspecified atom stereocenters. The van der Waals surface area contributed by atoms with Crippen LogP contribution in [0.15, 0.2) is 12.1 Å². The molecule has 1 N–H and O–H groups in total. The van der Waals surface area contributed by atoms with Crippen molar-refractivity contribution < 1.29 is 0 Å². The van der Waals surface area contributed by atoms with Gasteiger partial charge in [-0.15, -0.1) is 11.3 Å². The summed E-state index contributed by atoms with van der Waals surface area (Å²) in [5.74, 6) is 0. The van der Waals surface area contributed by atoms with Crippen LogP contribution in [0.4, 0.5) is 0 Å². The van der Waals surface area contributed by atoms with E-state index >= 15 is 0 Å². The van der Waals surface area contributed by atoms with Crippen LogP contribution in [0.25, 0.3) is 0 Å². The number of unbranched alkanes of at least 4 members (excludes halogenated alkanes) is 2. The quantitative estimate of drug-likeness (QED) is 0.429. The molecule has 1 aromatic heterocycles. The molecule has 0 spiro atoms. The Hall–Kier alpha value is 0.390. The molecule has 1 aromatic rings. The molecule has 0 saturated heterocycles. The Bertz CT molecular complexity index is 260. The second-order valence-corrected chi connectivity index (χ2v) is 5.98. The fraction of sp³-hybridized carbons (Fsp3) is 0.667. The van der Waals surface area contributed by atoms with E-state index in [0.717, 1.165) is 13.1 Å². The van der Waals surface area contributed by atoms with Crippen LogP contribution in [0.5, 0.6) is 0 Å². The number of rotatable bonds is 8. The molecule has 0 radical (unpaired) electrons. The second-order valence-electron chi connectivity index (χ2n) is 3.65. The molecule has 1 heterocycles. The van der Waals surface area contributed by atoms with Gasteiger partial charge in [0, 0.05) is 16.3 Å². The third-order valence-electron chi connectivity index (χ3n) is 2.35. The van der Waals surface area contributed by atoms with Gasteiger partial charge in [0.25, 0.3) is 0 Å². The van der Waals surface area contributed by atoms with Gasteiger partial charge in [-0.25, -0.2) is 0 Å². The van der Waals surface area contributed by atoms with Crippen molar-refractivity contribution in [2.24, 2.45) is 0 Å². The van der Waals surface area contributed by atoms with Gasteiger partial charge in [0.15, 0.2) is 0 Å². The van der Waals surface area contributed by atoms with Crippen LogP contribution in [-0.4, -0.2) is 11.0 Å². The number of alkyl halides is 1. The van der Waals surface area contributed by atoms with Crippen molar-refractivity contribution in [3.05, 3.63) is 21.9 Å². The molecule has 0 aliphatic rings. The lowest BCUT2D eigenvalue weighted by Crippen LogP contribution is -2.13. The van der Waals surface area contributed by atoms with Gasteiger partial charge in [-0.2, -0.15) is 0 Å². The summed E-state index contributed by atoms with van der Waals surface area (Å²) in [7, 11) is 0. The molecular weight excluding hydrogens is 317 g/mol. The van der Waals surface area contributed by atoms with Gasteiger partial charge >= 0.3 is 0 Å². The van der Waals surface area contributed by atoms with Crippen molar-refractivity contribution in [2.45, 2.75) is 39.2 Å². The largest absolute Gasteiger partial charge is 0.312 e. The summed E-state index contributed by atoms with van der Waals surface area (Å²) in [5, 5.41) is 3.51. The van der Waals surface area contributed by atoms with Gasteiger partial charge < -0.3 is 5.32 Å². The first-order valence-corrected chi connectivity index (χ1v) is 8.05. The highest BCUT2D eigenvalue weighted by Crippen LogP contribution is 2.16. The van der Waals surface area contributed by atoms with Crippen LogP contribution in [0.1, 0.15) is 35.9 Å². The smallest absolute Gasteiger partial charge is 0.0299 e. The number of nitrogens with one attached hydrogen (secondary N) is 1. The minimum Gasteiger partial charge on any atom is -0.312 e. The minimum absolute atomic E-state index is 1.05. The first kappa shape index (κ1) is 13.5. The van der Waals surface area contributed by atoms with Gasteiger partial charge in [-0.05, 0) is 42.4 Å².